The van der Waals surface area contributed by atoms with E-state index in [-0.39, 0.29) is 11.6 Å². The van der Waals surface area contributed by atoms with E-state index in [1.54, 1.807) is 6.07 Å². The molecule has 118 valence electrons. The molecule has 0 saturated heterocycles. The largest absolute Gasteiger partial charge is 0.508 e. The Morgan fingerprint density at radius 1 is 1.19 bits per heavy atom. The molecular weight excluding hydrogens is 265 g/mol. The summed E-state index contributed by atoms with van der Waals surface area (Å²) in [5.41, 5.74) is 1.25. The number of benzene rings is 1. The molecule has 3 heteroatoms. The van der Waals surface area contributed by atoms with Gasteiger partial charge in [-0.1, -0.05) is 27.2 Å². The summed E-state index contributed by atoms with van der Waals surface area (Å²) in [6, 6.07) is 4.77. The highest BCUT2D eigenvalue weighted by atomic mass is 19.1. The predicted molar refractivity (Wildman–Crippen MR) is 84.7 cm³/mol. The minimum atomic E-state index is -0.375. The maximum absolute atomic E-state index is 13.2. The molecule has 0 spiro atoms. The molecule has 0 aromatic heterocycles. The van der Waals surface area contributed by atoms with Gasteiger partial charge in [-0.25, -0.2) is 4.39 Å². The Hall–Kier alpha value is -1.09. The van der Waals surface area contributed by atoms with Crippen LogP contribution < -0.4 is 5.32 Å². The second-order valence-corrected chi connectivity index (χ2v) is 7.09. The molecular formula is C18H28FNO. The van der Waals surface area contributed by atoms with Gasteiger partial charge in [0.2, 0.25) is 0 Å². The minimum absolute atomic E-state index is 0.000188. The van der Waals surface area contributed by atoms with Gasteiger partial charge in [0.1, 0.15) is 11.6 Å². The van der Waals surface area contributed by atoms with Gasteiger partial charge in [0.05, 0.1) is 0 Å². The van der Waals surface area contributed by atoms with Gasteiger partial charge in [-0.2, -0.15) is 0 Å². The van der Waals surface area contributed by atoms with Gasteiger partial charge in [0.15, 0.2) is 0 Å². The summed E-state index contributed by atoms with van der Waals surface area (Å²) in [6.45, 7) is 7.65. The molecule has 0 amide bonds. The first-order valence-corrected chi connectivity index (χ1v) is 8.12. The number of phenolic OH excluding ortho intramolecular Hbond substituents is 1. The quantitative estimate of drug-likeness (QED) is 0.830. The topological polar surface area (TPSA) is 32.3 Å². The Labute approximate surface area is 127 Å². The van der Waals surface area contributed by atoms with E-state index in [1.165, 1.54) is 38.2 Å². The first kappa shape index (κ1) is 16.3. The fraction of sp³-hybridized carbons (Fsp3) is 0.667. The number of halogens is 1. The molecule has 2 rings (SSSR count). The molecule has 1 aliphatic rings. The van der Waals surface area contributed by atoms with Gasteiger partial charge in [-0.05, 0) is 54.7 Å². The van der Waals surface area contributed by atoms with Crippen LogP contribution >= 0.6 is 0 Å². The second kappa shape index (κ2) is 6.78. The zero-order valence-electron chi connectivity index (χ0n) is 13.5. The van der Waals surface area contributed by atoms with E-state index in [1.807, 2.05) is 0 Å². The maximum Gasteiger partial charge on any atom is 0.127 e. The van der Waals surface area contributed by atoms with Crippen molar-refractivity contribution >= 4 is 0 Å². The zero-order chi connectivity index (χ0) is 15.5. The fourth-order valence-electron chi connectivity index (χ4n) is 3.37. The van der Waals surface area contributed by atoms with Gasteiger partial charge in [0, 0.05) is 18.7 Å². The summed E-state index contributed by atoms with van der Waals surface area (Å²) >= 11 is 0. The van der Waals surface area contributed by atoms with Gasteiger partial charge in [0.25, 0.3) is 0 Å². The molecule has 0 heterocycles. The Morgan fingerprint density at radius 3 is 2.43 bits per heavy atom. The van der Waals surface area contributed by atoms with Crippen molar-refractivity contribution in [3.8, 4) is 5.75 Å². The monoisotopic (exact) mass is 293 g/mol. The van der Waals surface area contributed by atoms with E-state index in [0.29, 0.717) is 18.0 Å². The lowest BCUT2D eigenvalue weighted by Gasteiger charge is -2.39. The van der Waals surface area contributed by atoms with E-state index in [4.69, 9.17) is 0 Å². The first-order chi connectivity index (χ1) is 9.90. The van der Waals surface area contributed by atoms with Crippen LogP contribution in [0.3, 0.4) is 0 Å². The van der Waals surface area contributed by atoms with Crippen molar-refractivity contribution in [1.29, 1.82) is 0 Å². The molecule has 1 aromatic carbocycles. The number of aromatic hydroxyl groups is 1. The third-order valence-electron chi connectivity index (χ3n) is 5.28. The van der Waals surface area contributed by atoms with Crippen molar-refractivity contribution in [3.63, 3.8) is 0 Å². The Kier molecular flexibility index (Phi) is 5.26. The SMILES string of the molecule is CCC(C)(C)C1CCC(NCc2cc(O)cc(F)c2)CC1. The average Bonchev–Trinajstić information content (AvgIpc) is 2.44. The molecule has 1 fully saturated rings. The summed E-state index contributed by atoms with van der Waals surface area (Å²) in [6.07, 6.45) is 6.16. The van der Waals surface area contributed by atoms with Crippen LogP contribution in [0.25, 0.3) is 0 Å². The Balaban J connectivity index is 1.81. The van der Waals surface area contributed by atoms with Gasteiger partial charge >= 0.3 is 0 Å². The second-order valence-electron chi connectivity index (χ2n) is 7.09. The van der Waals surface area contributed by atoms with Crippen molar-refractivity contribution in [2.45, 2.75) is 65.5 Å². The lowest BCUT2D eigenvalue weighted by atomic mass is 9.69. The Bertz CT molecular complexity index is 444. The van der Waals surface area contributed by atoms with Crippen LogP contribution in [0, 0.1) is 17.2 Å². The van der Waals surface area contributed by atoms with Crippen molar-refractivity contribution in [2.75, 3.05) is 0 Å². The van der Waals surface area contributed by atoms with Crippen LogP contribution in [-0.4, -0.2) is 11.1 Å². The molecule has 0 bridgehead atoms. The normalized spacial score (nSPS) is 23.2. The Morgan fingerprint density at radius 2 is 1.86 bits per heavy atom. The standard InChI is InChI=1S/C18H28FNO/c1-4-18(2,3)14-5-7-16(8-6-14)20-12-13-9-15(19)11-17(21)10-13/h9-11,14,16,20-21H,4-8,12H2,1-3H3. The van der Waals surface area contributed by atoms with Crippen molar-refractivity contribution in [3.05, 3.63) is 29.6 Å². The molecule has 0 atom stereocenters. The molecule has 1 aliphatic carbocycles. The molecule has 2 N–H and O–H groups in total. The molecule has 0 aliphatic heterocycles. The molecule has 2 nitrogen and oxygen atoms in total. The average molecular weight is 293 g/mol. The molecule has 1 saturated carbocycles. The summed E-state index contributed by atoms with van der Waals surface area (Å²) in [5, 5.41) is 12.9. The van der Waals surface area contributed by atoms with Crippen molar-refractivity contribution in [2.24, 2.45) is 11.3 Å². The highest BCUT2D eigenvalue weighted by molar-refractivity contribution is 5.28. The van der Waals surface area contributed by atoms with Gasteiger partial charge in [-0.3, -0.25) is 0 Å². The fourth-order valence-corrected chi connectivity index (χ4v) is 3.37. The third-order valence-corrected chi connectivity index (χ3v) is 5.28. The van der Waals surface area contributed by atoms with Crippen LogP contribution in [0.2, 0.25) is 0 Å². The van der Waals surface area contributed by atoms with E-state index in [9.17, 15) is 9.50 Å². The van der Waals surface area contributed by atoms with E-state index in [0.717, 1.165) is 17.5 Å². The van der Waals surface area contributed by atoms with Crippen molar-refractivity contribution in [1.82, 2.24) is 5.32 Å². The smallest absolute Gasteiger partial charge is 0.127 e. The van der Waals surface area contributed by atoms with Gasteiger partial charge < -0.3 is 10.4 Å². The van der Waals surface area contributed by atoms with E-state index < -0.39 is 0 Å². The molecule has 1 aromatic rings. The molecule has 0 unspecified atom stereocenters. The lowest BCUT2D eigenvalue weighted by Crippen LogP contribution is -2.36. The zero-order valence-corrected chi connectivity index (χ0v) is 13.5. The number of phenols is 1. The van der Waals surface area contributed by atoms with E-state index in [2.05, 4.69) is 26.1 Å². The highest BCUT2D eigenvalue weighted by Crippen LogP contribution is 2.40. The van der Waals surface area contributed by atoms with Crippen LogP contribution in [0.15, 0.2) is 18.2 Å². The van der Waals surface area contributed by atoms with Crippen LogP contribution in [-0.2, 0) is 6.54 Å². The van der Waals surface area contributed by atoms with Crippen LogP contribution in [0.1, 0.15) is 58.4 Å². The number of rotatable bonds is 5. The van der Waals surface area contributed by atoms with Crippen LogP contribution in [0.5, 0.6) is 5.75 Å². The summed E-state index contributed by atoms with van der Waals surface area (Å²) in [5.74, 6) is 0.444. The summed E-state index contributed by atoms with van der Waals surface area (Å²) in [7, 11) is 0. The van der Waals surface area contributed by atoms with Crippen molar-refractivity contribution < 1.29 is 9.50 Å². The lowest BCUT2D eigenvalue weighted by molar-refractivity contribution is 0.137. The predicted octanol–water partition coefficient (Wildman–Crippen LogP) is 4.62. The first-order valence-electron chi connectivity index (χ1n) is 8.12. The van der Waals surface area contributed by atoms with E-state index >= 15 is 0 Å². The molecule has 21 heavy (non-hydrogen) atoms. The summed E-state index contributed by atoms with van der Waals surface area (Å²) in [4.78, 5) is 0. The maximum atomic E-state index is 13.2. The number of hydrogen-bond donors (Lipinski definition) is 2. The third kappa shape index (κ3) is 4.44. The number of nitrogens with one attached hydrogen (secondary N) is 1. The van der Waals surface area contributed by atoms with Gasteiger partial charge in [-0.15, -0.1) is 0 Å². The summed E-state index contributed by atoms with van der Waals surface area (Å²) < 4.78 is 13.2. The molecule has 0 radical (unpaired) electrons. The minimum Gasteiger partial charge on any atom is -0.508 e. The highest BCUT2D eigenvalue weighted by Gasteiger charge is 2.31. The van der Waals surface area contributed by atoms with Crippen LogP contribution in [0.4, 0.5) is 4.39 Å². The number of hydrogen-bond acceptors (Lipinski definition) is 2.